The number of ether oxygens (including phenoxy) is 3. The van der Waals surface area contributed by atoms with Crippen LogP contribution in [0.5, 0.6) is 5.75 Å². The highest BCUT2D eigenvalue weighted by atomic mass is 32.1. The Kier molecular flexibility index (Phi) is 18.2. The van der Waals surface area contributed by atoms with E-state index in [1.54, 1.807) is 45.1 Å². The van der Waals surface area contributed by atoms with Gasteiger partial charge >= 0.3 is 12.2 Å². The maximum atomic E-state index is 17.4. The van der Waals surface area contributed by atoms with Crippen LogP contribution in [0.2, 0.25) is 0 Å². The SMILES string of the molecule is COC(=O)N[C@H](C(=O)N1CCC[C@H]1C1=NC=C(c2cc(F)c3c(c2)OC(c2cnc(C4CC4)s2)n2c-3c(F)c3cc(C4=CN=C([C@@H]5CCCN5C(=O)[C@@H](NC(=O)OC)C(C)C)C4)ccc32)C1)C(C)C.S.S.S.S. The number of hydrogen-bond donors (Lipinski definition) is 2. The molecule has 0 bridgehead atoms. The smallest absolute Gasteiger partial charge is 0.407 e. The molecule has 1 saturated carbocycles. The fourth-order valence-electron chi connectivity index (χ4n) is 10.5. The number of rotatable bonds is 12. The summed E-state index contributed by atoms with van der Waals surface area (Å²) in [5, 5.41) is 6.68. The van der Waals surface area contributed by atoms with Crippen molar-refractivity contribution in [1.29, 1.82) is 0 Å². The van der Waals surface area contributed by atoms with Crippen LogP contribution in [0.4, 0.5) is 18.4 Å². The van der Waals surface area contributed by atoms with Gasteiger partial charge in [-0.2, -0.15) is 54.0 Å². The third kappa shape index (κ3) is 10.8. The van der Waals surface area contributed by atoms with Crippen LogP contribution in [0.1, 0.15) is 112 Å². The Morgan fingerprint density at radius 3 is 1.82 bits per heavy atom. The average molecular weight is 1100 g/mol. The molecule has 1 unspecified atom stereocenters. The van der Waals surface area contributed by atoms with Crippen molar-refractivity contribution in [2.24, 2.45) is 21.8 Å². The third-order valence-corrected chi connectivity index (χ3v) is 15.5. The van der Waals surface area contributed by atoms with Gasteiger partial charge in [-0.15, -0.1) is 11.3 Å². The average Bonchev–Trinajstić information content (AvgIpc) is 4.05. The first-order chi connectivity index (χ1) is 33.2. The quantitative estimate of drug-likeness (QED) is 0.141. The minimum absolute atomic E-state index is 0. The van der Waals surface area contributed by atoms with Gasteiger partial charge in [-0.1, -0.05) is 33.8 Å². The number of nitrogens with zero attached hydrogens (tertiary/aromatic N) is 6. The zero-order valence-corrected chi connectivity index (χ0v) is 46.3. The van der Waals surface area contributed by atoms with Crippen molar-refractivity contribution in [2.45, 2.75) is 115 Å². The Bertz CT molecular complexity index is 2920. The number of carbonyl (C=O) groups is 4. The minimum Gasteiger partial charge on any atom is -0.464 e. The first-order valence-electron chi connectivity index (χ1n) is 23.9. The predicted octanol–water partition coefficient (Wildman–Crippen LogP) is 9.43. The number of nitrogens with one attached hydrogen (secondary N) is 2. The number of aromatic nitrogens is 2. The van der Waals surface area contributed by atoms with Crippen molar-refractivity contribution in [3.05, 3.63) is 81.6 Å². The van der Waals surface area contributed by atoms with Crippen LogP contribution < -0.4 is 15.4 Å². The van der Waals surface area contributed by atoms with E-state index >= 15 is 8.78 Å². The highest BCUT2D eigenvalue weighted by Gasteiger charge is 2.42. The molecule has 3 fully saturated rings. The van der Waals surface area contributed by atoms with E-state index in [2.05, 4.69) is 10.6 Å². The number of benzene rings is 2. The van der Waals surface area contributed by atoms with Crippen LogP contribution in [-0.2, 0) is 19.1 Å². The summed E-state index contributed by atoms with van der Waals surface area (Å²) in [7, 11) is 2.53. The zero-order valence-electron chi connectivity index (χ0n) is 41.5. The summed E-state index contributed by atoms with van der Waals surface area (Å²) in [6.45, 7) is 8.53. The summed E-state index contributed by atoms with van der Waals surface area (Å²) in [5.41, 5.74) is 5.09. The number of fused-ring (bicyclic) bond motifs is 5. The second-order valence-electron chi connectivity index (χ2n) is 19.4. The van der Waals surface area contributed by atoms with E-state index in [1.807, 2.05) is 39.8 Å². The summed E-state index contributed by atoms with van der Waals surface area (Å²) in [5.74, 6) is -1.40. The molecule has 10 rings (SSSR count). The summed E-state index contributed by atoms with van der Waals surface area (Å²) in [6, 6.07) is 6.63. The number of amides is 4. The number of thiazole rings is 1. The van der Waals surface area contributed by atoms with Crippen LogP contribution in [0.3, 0.4) is 0 Å². The predicted molar refractivity (Wildman–Crippen MR) is 300 cm³/mol. The minimum atomic E-state index is -0.838. The molecular formula is C51H64F2N8O7S5. The molecule has 0 spiro atoms. The lowest BCUT2D eigenvalue weighted by Gasteiger charge is -2.31. The lowest BCUT2D eigenvalue weighted by molar-refractivity contribution is -0.134. The van der Waals surface area contributed by atoms with Crippen molar-refractivity contribution in [1.82, 2.24) is 30.0 Å². The first kappa shape index (κ1) is 57.3. The number of methoxy groups -OCH3 is 2. The second kappa shape index (κ2) is 23.2. The summed E-state index contributed by atoms with van der Waals surface area (Å²) in [4.78, 5) is 70.6. The van der Waals surface area contributed by atoms with Crippen molar-refractivity contribution in [3.63, 3.8) is 0 Å². The van der Waals surface area contributed by atoms with E-state index < -0.39 is 42.1 Å². The fraction of sp³-hybridized carbons (Fsp3) is 0.471. The Hall–Kier alpha value is -5.03. The molecule has 73 heavy (non-hydrogen) atoms. The molecule has 2 aromatic carbocycles. The molecule has 394 valence electrons. The lowest BCUT2D eigenvalue weighted by Crippen LogP contribution is -2.53. The Morgan fingerprint density at radius 1 is 0.753 bits per heavy atom. The normalized spacial score (nSPS) is 20.4. The Balaban J connectivity index is 0.00000217. The van der Waals surface area contributed by atoms with Crippen LogP contribution in [0.25, 0.3) is 33.3 Å². The topological polar surface area (TPSA) is 169 Å². The van der Waals surface area contributed by atoms with Gasteiger partial charge in [0.15, 0.2) is 5.82 Å². The van der Waals surface area contributed by atoms with Crippen LogP contribution in [0.15, 0.2) is 58.9 Å². The molecule has 2 saturated heterocycles. The van der Waals surface area contributed by atoms with E-state index in [0.29, 0.717) is 54.7 Å². The zero-order chi connectivity index (χ0) is 48.4. The number of halogens is 2. The van der Waals surface area contributed by atoms with Gasteiger partial charge in [0.05, 0.1) is 53.0 Å². The van der Waals surface area contributed by atoms with Gasteiger partial charge in [0.2, 0.25) is 18.0 Å². The first-order valence-corrected chi connectivity index (χ1v) is 24.7. The number of carbonyl (C=O) groups excluding carboxylic acids is 4. The van der Waals surface area contributed by atoms with Gasteiger partial charge in [-0.25, -0.2) is 23.4 Å². The summed E-state index contributed by atoms with van der Waals surface area (Å²) >= 11 is 1.53. The molecule has 2 aromatic heterocycles. The molecule has 4 amide bonds. The van der Waals surface area contributed by atoms with Gasteiger partial charge < -0.3 is 34.6 Å². The fourth-order valence-corrected chi connectivity index (χ4v) is 11.6. The van der Waals surface area contributed by atoms with Crippen LogP contribution >= 0.6 is 65.3 Å². The maximum Gasteiger partial charge on any atom is 0.407 e. The highest BCUT2D eigenvalue weighted by molar-refractivity contribution is 7.59. The van der Waals surface area contributed by atoms with Crippen molar-refractivity contribution < 1.29 is 42.2 Å². The van der Waals surface area contributed by atoms with E-state index in [-0.39, 0.29) is 107 Å². The molecule has 7 heterocycles. The molecule has 4 aromatic rings. The van der Waals surface area contributed by atoms with E-state index in [1.165, 1.54) is 31.6 Å². The molecule has 5 aliphatic heterocycles. The molecule has 1 aliphatic carbocycles. The summed E-state index contributed by atoms with van der Waals surface area (Å²) < 4.78 is 52.5. The van der Waals surface area contributed by atoms with Crippen LogP contribution in [-0.4, -0.2) is 106 Å². The number of hydrogen-bond acceptors (Lipinski definition) is 11. The molecular weight excluding hydrogens is 1030 g/mol. The third-order valence-electron chi connectivity index (χ3n) is 14.3. The van der Waals surface area contributed by atoms with Gasteiger partial charge in [-0.3, -0.25) is 24.1 Å². The monoisotopic (exact) mass is 1100 g/mol. The molecule has 2 N–H and O–H groups in total. The van der Waals surface area contributed by atoms with E-state index in [9.17, 15) is 19.2 Å². The van der Waals surface area contributed by atoms with Crippen molar-refractivity contribution in [3.8, 4) is 17.0 Å². The lowest BCUT2D eigenvalue weighted by atomic mass is 9.95. The van der Waals surface area contributed by atoms with Crippen molar-refractivity contribution >= 4 is 123 Å². The number of likely N-dealkylation sites (tertiary alicyclic amines) is 2. The second-order valence-corrected chi connectivity index (χ2v) is 20.5. The molecule has 5 atom stereocenters. The standard InChI is InChI=1S/C51H56F2N8O7S.4H2S/c1-25(2)43(57-50(64)66-5)47(62)59-15-7-9-37(59)34-19-30(22-54-34)28-13-14-36-32(17-28)42(53)45-41-33(52)18-29(21-39(41)68-49(61(36)45)40-24-56-46(69-40)27-11-12-27)31-20-35(55-23-31)38-10-8-16-60(38)48(63)44(26(3)4)58-51(65)67-6;;;;/h13-14,17-18,21-27,37-38,43-44,49H,7-12,15-16,19-20H2,1-6H3,(H,57,64)(H,58,65);4*1H2/t37-,38-,43-,44-,49?;;;;/m0..../s1. The van der Waals surface area contributed by atoms with Gasteiger partial charge in [0, 0.05) is 67.3 Å². The van der Waals surface area contributed by atoms with Gasteiger partial charge in [0.25, 0.3) is 0 Å². The Labute approximate surface area is 455 Å². The molecule has 15 nitrogen and oxygen atoms in total. The van der Waals surface area contributed by atoms with E-state index in [4.69, 9.17) is 29.2 Å². The van der Waals surface area contributed by atoms with Gasteiger partial charge in [-0.05, 0) is 96.9 Å². The Morgan fingerprint density at radius 2 is 1.30 bits per heavy atom. The molecule has 0 radical (unpaired) electrons. The molecule has 22 heteroatoms. The largest absolute Gasteiger partial charge is 0.464 e. The van der Waals surface area contributed by atoms with Gasteiger partial charge in [0.1, 0.15) is 23.7 Å². The highest BCUT2D eigenvalue weighted by Crippen LogP contribution is 2.51. The van der Waals surface area contributed by atoms with Crippen LogP contribution in [0, 0.1) is 23.5 Å². The number of alkyl carbamates (subject to hydrolysis) is 2. The maximum absolute atomic E-state index is 17.4. The van der Waals surface area contributed by atoms with Crippen molar-refractivity contribution in [2.75, 3.05) is 27.3 Å². The summed E-state index contributed by atoms with van der Waals surface area (Å²) in [6.07, 6.45) is 8.99. The number of allylic oxidation sites excluding steroid dienone is 2. The molecule has 6 aliphatic rings. The number of aliphatic imine (C=N–C) groups is 2. The van der Waals surface area contributed by atoms with E-state index in [0.717, 1.165) is 70.1 Å².